The lowest BCUT2D eigenvalue weighted by Crippen LogP contribution is -2.55. The highest BCUT2D eigenvalue weighted by molar-refractivity contribution is 5.04. The minimum Gasteiger partial charge on any atom is -0.0654 e. The van der Waals surface area contributed by atoms with Crippen LogP contribution in [0, 0.1) is 23.2 Å². The molecule has 0 heteroatoms. The molecule has 2 fully saturated rings. The summed E-state index contributed by atoms with van der Waals surface area (Å²) in [6.45, 7) is 7.44. The Morgan fingerprint density at radius 1 is 1.06 bits per heavy atom. The molecule has 0 aliphatic heterocycles. The van der Waals surface area contributed by atoms with Gasteiger partial charge in [0.15, 0.2) is 0 Å². The number of fused-ring (bicyclic) bond motifs is 1. The molecule has 2 rings (SSSR count). The van der Waals surface area contributed by atoms with Gasteiger partial charge >= 0.3 is 0 Å². The molecule has 0 aromatic rings. The second-order valence-electron chi connectivity index (χ2n) is 6.66. The zero-order valence-corrected chi connectivity index (χ0v) is 11.6. The van der Waals surface area contributed by atoms with Crippen LogP contribution in [0.2, 0.25) is 0 Å². The van der Waals surface area contributed by atoms with Crippen LogP contribution in [0.25, 0.3) is 0 Å². The predicted octanol–water partition coefficient (Wildman–Crippen LogP) is 5.42. The summed E-state index contributed by atoms with van der Waals surface area (Å²) in [6, 6.07) is 0. The van der Waals surface area contributed by atoms with Crippen molar-refractivity contribution in [2.45, 2.75) is 78.6 Å². The smallest absolute Gasteiger partial charge is 0.0266 e. The molecule has 4 unspecified atom stereocenters. The van der Waals surface area contributed by atoms with E-state index in [4.69, 9.17) is 0 Å². The minimum absolute atomic E-state index is 0.721. The summed E-state index contributed by atoms with van der Waals surface area (Å²) in [5, 5.41) is 0. The van der Waals surface area contributed by atoms with Gasteiger partial charge in [-0.05, 0) is 42.4 Å². The predicted molar refractivity (Wildman–Crippen MR) is 71.5 cm³/mol. The molecule has 4 atom stereocenters. The second kappa shape index (κ2) is 5.10. The van der Waals surface area contributed by atoms with Crippen LogP contribution in [-0.2, 0) is 0 Å². The molecule has 0 saturated heterocycles. The Morgan fingerprint density at radius 2 is 1.81 bits per heavy atom. The second-order valence-corrected chi connectivity index (χ2v) is 6.66. The molecule has 16 heavy (non-hydrogen) atoms. The van der Waals surface area contributed by atoms with Crippen LogP contribution in [0.1, 0.15) is 78.6 Å². The van der Waals surface area contributed by atoms with Crippen molar-refractivity contribution in [3.05, 3.63) is 0 Å². The fourth-order valence-corrected chi connectivity index (χ4v) is 4.63. The van der Waals surface area contributed by atoms with Crippen LogP contribution in [0.15, 0.2) is 0 Å². The first-order valence-electron chi connectivity index (χ1n) is 7.70. The summed E-state index contributed by atoms with van der Waals surface area (Å²) < 4.78 is 0. The first-order valence-corrected chi connectivity index (χ1v) is 7.70. The van der Waals surface area contributed by atoms with Crippen LogP contribution in [0.3, 0.4) is 0 Å². The monoisotopic (exact) mass is 222 g/mol. The maximum absolute atomic E-state index is 2.59. The van der Waals surface area contributed by atoms with Crippen molar-refractivity contribution in [2.24, 2.45) is 23.2 Å². The van der Waals surface area contributed by atoms with E-state index >= 15 is 0 Å². The molecule has 94 valence electrons. The molecular weight excluding hydrogens is 192 g/mol. The third-order valence-electron chi connectivity index (χ3n) is 5.92. The summed E-state index contributed by atoms with van der Waals surface area (Å²) in [5.74, 6) is 3.21. The molecule has 0 aromatic carbocycles. The lowest BCUT2D eigenvalue weighted by Gasteiger charge is -2.62. The Kier molecular flexibility index (Phi) is 3.97. The molecule has 2 saturated carbocycles. The van der Waals surface area contributed by atoms with Gasteiger partial charge in [-0.3, -0.25) is 0 Å². The van der Waals surface area contributed by atoms with Crippen LogP contribution >= 0.6 is 0 Å². The van der Waals surface area contributed by atoms with Crippen molar-refractivity contribution in [1.82, 2.24) is 0 Å². The average molecular weight is 222 g/mol. The molecule has 0 nitrogen and oxygen atoms in total. The maximum atomic E-state index is 2.59. The molecule has 0 radical (unpaired) electrons. The Balaban J connectivity index is 1.82. The van der Waals surface area contributed by atoms with Crippen LogP contribution in [0.4, 0.5) is 0 Å². The van der Waals surface area contributed by atoms with E-state index in [2.05, 4.69) is 20.8 Å². The lowest BCUT2D eigenvalue weighted by molar-refractivity contribution is -0.130. The van der Waals surface area contributed by atoms with Crippen molar-refractivity contribution >= 4 is 0 Å². The van der Waals surface area contributed by atoms with E-state index in [0.717, 1.165) is 23.2 Å². The van der Waals surface area contributed by atoms with Gasteiger partial charge in [-0.25, -0.2) is 0 Å². The van der Waals surface area contributed by atoms with Crippen molar-refractivity contribution in [2.75, 3.05) is 0 Å². The summed E-state index contributed by atoms with van der Waals surface area (Å²) in [6.07, 6.45) is 13.4. The van der Waals surface area contributed by atoms with Crippen molar-refractivity contribution in [3.63, 3.8) is 0 Å². The molecule has 2 aliphatic rings. The third-order valence-corrected chi connectivity index (χ3v) is 5.92. The van der Waals surface area contributed by atoms with Gasteiger partial charge < -0.3 is 0 Å². The molecule has 2 aliphatic carbocycles. The number of hydrogen-bond donors (Lipinski definition) is 0. The topological polar surface area (TPSA) is 0 Å². The normalized spacial score (nSPS) is 42.6. The highest BCUT2D eigenvalue weighted by Gasteiger charge is 2.55. The van der Waals surface area contributed by atoms with Gasteiger partial charge in [-0.15, -0.1) is 0 Å². The standard InChI is InChI=1S/C16H30/c1-4-5-6-9-12-16(3)13(2)14-10-7-8-11-15(14)16/h13-15H,4-12H2,1-3H3. The fraction of sp³-hybridized carbons (Fsp3) is 1.00. The average Bonchev–Trinajstić information content (AvgIpc) is 2.34. The maximum Gasteiger partial charge on any atom is -0.0266 e. The molecule has 0 aromatic heterocycles. The van der Waals surface area contributed by atoms with E-state index in [9.17, 15) is 0 Å². The first kappa shape index (κ1) is 12.5. The van der Waals surface area contributed by atoms with Crippen molar-refractivity contribution < 1.29 is 0 Å². The largest absolute Gasteiger partial charge is 0.0654 e. The molecule has 0 N–H and O–H groups in total. The highest BCUT2D eigenvalue weighted by atomic mass is 14.6. The number of hydrogen-bond acceptors (Lipinski definition) is 0. The number of rotatable bonds is 5. The van der Waals surface area contributed by atoms with Crippen molar-refractivity contribution in [3.8, 4) is 0 Å². The van der Waals surface area contributed by atoms with Gasteiger partial charge in [-0.2, -0.15) is 0 Å². The Hall–Kier alpha value is 0. The minimum atomic E-state index is 0.721. The van der Waals surface area contributed by atoms with Crippen LogP contribution in [-0.4, -0.2) is 0 Å². The van der Waals surface area contributed by atoms with Gasteiger partial charge in [0.1, 0.15) is 0 Å². The third kappa shape index (κ3) is 2.05. The zero-order chi connectivity index (χ0) is 11.6. The lowest BCUT2D eigenvalue weighted by atomic mass is 9.43. The highest BCUT2D eigenvalue weighted by Crippen LogP contribution is 2.63. The van der Waals surface area contributed by atoms with E-state index < -0.39 is 0 Å². The molecular formula is C16H30. The number of unbranched alkanes of at least 4 members (excludes halogenated alkanes) is 3. The Labute approximate surface area is 102 Å². The van der Waals surface area contributed by atoms with Gasteiger partial charge in [0.25, 0.3) is 0 Å². The zero-order valence-electron chi connectivity index (χ0n) is 11.6. The van der Waals surface area contributed by atoms with Gasteiger partial charge in [-0.1, -0.05) is 59.3 Å². The molecule has 0 heterocycles. The van der Waals surface area contributed by atoms with Gasteiger partial charge in [0, 0.05) is 0 Å². The van der Waals surface area contributed by atoms with Crippen molar-refractivity contribution in [1.29, 1.82) is 0 Å². The fourth-order valence-electron chi connectivity index (χ4n) is 4.63. The van der Waals surface area contributed by atoms with E-state index in [1.807, 2.05) is 0 Å². The van der Waals surface area contributed by atoms with Crippen LogP contribution < -0.4 is 0 Å². The van der Waals surface area contributed by atoms with Gasteiger partial charge in [0.2, 0.25) is 0 Å². The summed E-state index contributed by atoms with van der Waals surface area (Å²) in [5.41, 5.74) is 0.721. The first-order chi connectivity index (χ1) is 7.70. The molecule has 0 spiro atoms. The van der Waals surface area contributed by atoms with E-state index in [-0.39, 0.29) is 0 Å². The quantitative estimate of drug-likeness (QED) is 0.545. The Bertz CT molecular complexity index is 220. The summed E-state index contributed by atoms with van der Waals surface area (Å²) in [4.78, 5) is 0. The van der Waals surface area contributed by atoms with E-state index in [0.29, 0.717) is 0 Å². The molecule has 0 amide bonds. The van der Waals surface area contributed by atoms with Gasteiger partial charge in [0.05, 0.1) is 0 Å². The van der Waals surface area contributed by atoms with E-state index in [1.54, 1.807) is 6.42 Å². The summed E-state index contributed by atoms with van der Waals surface area (Å²) >= 11 is 0. The van der Waals surface area contributed by atoms with E-state index in [1.165, 1.54) is 51.4 Å². The SMILES string of the molecule is CCCCCCC1(C)C(C)C2CCCCC21. The summed E-state index contributed by atoms with van der Waals surface area (Å²) in [7, 11) is 0. The van der Waals surface area contributed by atoms with Crippen LogP contribution in [0.5, 0.6) is 0 Å². The molecule has 0 bridgehead atoms. The Morgan fingerprint density at radius 3 is 2.56 bits per heavy atom.